The average Bonchev–Trinajstić information content (AvgIpc) is 3.33. The summed E-state index contributed by atoms with van der Waals surface area (Å²) >= 11 is 0. The number of nitrogens with zero attached hydrogens (tertiary/aromatic N) is 1. The van der Waals surface area contributed by atoms with Crippen LogP contribution < -0.4 is 10.6 Å². The average molecular weight is 440 g/mol. The van der Waals surface area contributed by atoms with Crippen molar-refractivity contribution in [3.63, 3.8) is 0 Å². The van der Waals surface area contributed by atoms with Crippen molar-refractivity contribution in [1.29, 1.82) is 0 Å². The molecular formula is C27H25N3O3. The summed E-state index contributed by atoms with van der Waals surface area (Å²) in [6.45, 7) is 3.62. The molecule has 6 heteroatoms. The van der Waals surface area contributed by atoms with Gasteiger partial charge in [0.1, 0.15) is 5.76 Å². The van der Waals surface area contributed by atoms with Gasteiger partial charge in [-0.25, -0.2) is 0 Å². The van der Waals surface area contributed by atoms with E-state index < -0.39 is 11.6 Å². The number of carbonyl (C=O) groups excluding carboxylic acids is 1. The highest BCUT2D eigenvalue weighted by Gasteiger charge is 2.49. The first-order chi connectivity index (χ1) is 16.0. The Morgan fingerprint density at radius 3 is 2.36 bits per heavy atom. The number of benzene rings is 3. The number of amides is 1. The zero-order chi connectivity index (χ0) is 23.0. The summed E-state index contributed by atoms with van der Waals surface area (Å²) in [5.41, 5.74) is 4.67. The van der Waals surface area contributed by atoms with Crippen molar-refractivity contribution in [1.82, 2.24) is 10.5 Å². The highest BCUT2D eigenvalue weighted by molar-refractivity contribution is 6.09. The maximum Gasteiger partial charge on any atom is 0.254 e. The second-order valence-corrected chi connectivity index (χ2v) is 8.32. The van der Waals surface area contributed by atoms with Crippen molar-refractivity contribution >= 4 is 11.6 Å². The smallest absolute Gasteiger partial charge is 0.254 e. The van der Waals surface area contributed by atoms with Crippen molar-refractivity contribution in [3.8, 4) is 11.1 Å². The fraction of sp³-hybridized carbons (Fsp3) is 0.185. The Kier molecular flexibility index (Phi) is 5.32. The zero-order valence-corrected chi connectivity index (χ0v) is 18.5. The lowest BCUT2D eigenvalue weighted by Gasteiger charge is -2.34. The molecule has 0 spiro atoms. The molecule has 1 aromatic heterocycles. The van der Waals surface area contributed by atoms with E-state index in [-0.39, 0.29) is 12.5 Å². The van der Waals surface area contributed by atoms with Crippen molar-refractivity contribution in [2.24, 2.45) is 0 Å². The summed E-state index contributed by atoms with van der Waals surface area (Å²) in [6.07, 6.45) is 0. The molecule has 1 aliphatic heterocycles. The molecule has 4 aromatic rings. The summed E-state index contributed by atoms with van der Waals surface area (Å²) in [6, 6.07) is 24.7. The first-order valence-corrected chi connectivity index (χ1v) is 10.9. The maximum atomic E-state index is 13.7. The summed E-state index contributed by atoms with van der Waals surface area (Å²) < 4.78 is 5.39. The highest BCUT2D eigenvalue weighted by Crippen LogP contribution is 2.44. The van der Waals surface area contributed by atoms with E-state index in [1.165, 1.54) is 0 Å². The molecule has 6 nitrogen and oxygen atoms in total. The van der Waals surface area contributed by atoms with Gasteiger partial charge >= 0.3 is 0 Å². The number of fused-ring (bicyclic) bond motifs is 1. The van der Waals surface area contributed by atoms with E-state index in [2.05, 4.69) is 15.8 Å². The quantitative estimate of drug-likeness (QED) is 0.412. The van der Waals surface area contributed by atoms with Gasteiger partial charge < -0.3 is 14.9 Å². The molecule has 0 radical (unpaired) electrons. The van der Waals surface area contributed by atoms with Crippen LogP contribution in [0.2, 0.25) is 0 Å². The molecule has 0 fully saturated rings. The SMILES string of the molecule is Cc1noc(C)c1-c1ccc2c(c1)C(N[C@@H](CO)c1ccccc1)(c1ccccc1)C(=O)N2. The minimum Gasteiger partial charge on any atom is -0.394 e. The van der Waals surface area contributed by atoms with Gasteiger partial charge in [-0.3, -0.25) is 10.1 Å². The third-order valence-electron chi connectivity index (χ3n) is 6.32. The number of aromatic nitrogens is 1. The molecule has 166 valence electrons. The van der Waals surface area contributed by atoms with Gasteiger partial charge in [0.25, 0.3) is 5.91 Å². The van der Waals surface area contributed by atoms with Crippen LogP contribution in [-0.4, -0.2) is 22.8 Å². The Balaban J connectivity index is 1.71. The van der Waals surface area contributed by atoms with Gasteiger partial charge in [-0.15, -0.1) is 0 Å². The minimum atomic E-state index is -1.19. The molecule has 0 saturated carbocycles. The molecule has 33 heavy (non-hydrogen) atoms. The van der Waals surface area contributed by atoms with Gasteiger partial charge in [0.15, 0.2) is 5.54 Å². The van der Waals surface area contributed by atoms with E-state index in [1.54, 1.807) is 0 Å². The molecule has 0 bridgehead atoms. The molecule has 1 unspecified atom stereocenters. The van der Waals surface area contributed by atoms with E-state index in [0.29, 0.717) is 0 Å². The Hall–Kier alpha value is -3.74. The second-order valence-electron chi connectivity index (χ2n) is 8.32. The van der Waals surface area contributed by atoms with Crippen LogP contribution in [0.25, 0.3) is 11.1 Å². The Morgan fingerprint density at radius 2 is 1.73 bits per heavy atom. The molecule has 1 aliphatic rings. The first-order valence-electron chi connectivity index (χ1n) is 10.9. The van der Waals surface area contributed by atoms with Crippen molar-refractivity contribution in [3.05, 3.63) is 107 Å². The van der Waals surface area contributed by atoms with E-state index in [4.69, 9.17) is 4.52 Å². The molecule has 2 heterocycles. The van der Waals surface area contributed by atoms with Crippen LogP contribution in [0.1, 0.15) is 34.2 Å². The Morgan fingerprint density at radius 1 is 1.03 bits per heavy atom. The molecule has 1 amide bonds. The lowest BCUT2D eigenvalue weighted by atomic mass is 9.81. The van der Waals surface area contributed by atoms with E-state index in [1.807, 2.05) is 92.7 Å². The van der Waals surface area contributed by atoms with Crippen LogP contribution >= 0.6 is 0 Å². The van der Waals surface area contributed by atoms with Gasteiger partial charge in [-0.05, 0) is 42.7 Å². The number of aryl methyl sites for hydroxylation is 2. The van der Waals surface area contributed by atoms with Crippen LogP contribution in [0.5, 0.6) is 0 Å². The second kappa shape index (κ2) is 8.31. The maximum absolute atomic E-state index is 13.7. The van der Waals surface area contributed by atoms with Crippen molar-refractivity contribution in [2.75, 3.05) is 11.9 Å². The standard InChI is InChI=1S/C27H25N3O3/c1-17-25(18(2)33-30-17)20-13-14-23-22(15-20)27(26(32)28-23,21-11-7-4-8-12-21)29-24(16-31)19-9-5-3-6-10-19/h3-15,24,29,31H,16H2,1-2H3,(H,28,32)/t24-,27?/m0/s1. The topological polar surface area (TPSA) is 87.4 Å². The summed E-state index contributed by atoms with van der Waals surface area (Å²) in [5.74, 6) is 0.537. The van der Waals surface area contributed by atoms with Crippen molar-refractivity contribution in [2.45, 2.75) is 25.4 Å². The molecule has 0 aliphatic carbocycles. The Labute approximate surface area is 192 Å². The summed E-state index contributed by atoms with van der Waals surface area (Å²) in [4.78, 5) is 13.7. The summed E-state index contributed by atoms with van der Waals surface area (Å²) in [7, 11) is 0. The fourth-order valence-corrected chi connectivity index (χ4v) is 4.73. The Bertz CT molecular complexity index is 1280. The highest BCUT2D eigenvalue weighted by atomic mass is 16.5. The monoisotopic (exact) mass is 439 g/mol. The number of hydrogen-bond donors (Lipinski definition) is 3. The van der Waals surface area contributed by atoms with Crippen molar-refractivity contribution < 1.29 is 14.4 Å². The largest absolute Gasteiger partial charge is 0.394 e. The predicted molar refractivity (Wildman–Crippen MR) is 127 cm³/mol. The molecule has 0 saturated heterocycles. The first kappa shape index (κ1) is 21.1. The van der Waals surface area contributed by atoms with Crippen LogP contribution in [-0.2, 0) is 10.3 Å². The van der Waals surface area contributed by atoms with E-state index in [9.17, 15) is 9.90 Å². The van der Waals surface area contributed by atoms with Gasteiger partial charge in [-0.1, -0.05) is 71.9 Å². The van der Waals surface area contributed by atoms with Gasteiger partial charge in [-0.2, -0.15) is 0 Å². The normalized spacial score (nSPS) is 18.1. The van der Waals surface area contributed by atoms with Crippen LogP contribution in [0.3, 0.4) is 0 Å². The van der Waals surface area contributed by atoms with Crippen LogP contribution in [0.4, 0.5) is 5.69 Å². The predicted octanol–water partition coefficient (Wildman–Crippen LogP) is 4.48. The molecule has 2 atom stereocenters. The lowest BCUT2D eigenvalue weighted by molar-refractivity contribution is -0.120. The fourth-order valence-electron chi connectivity index (χ4n) is 4.73. The number of carbonyl (C=O) groups is 1. The van der Waals surface area contributed by atoms with Gasteiger partial charge in [0, 0.05) is 16.8 Å². The number of anilines is 1. The number of aliphatic hydroxyl groups is 1. The van der Waals surface area contributed by atoms with Gasteiger partial charge in [0.2, 0.25) is 0 Å². The third kappa shape index (κ3) is 3.44. The summed E-state index contributed by atoms with van der Waals surface area (Å²) in [5, 5.41) is 21.0. The minimum absolute atomic E-state index is 0.162. The number of aliphatic hydroxyl groups excluding tert-OH is 1. The molecule has 3 aromatic carbocycles. The van der Waals surface area contributed by atoms with Gasteiger partial charge in [0.05, 0.1) is 18.3 Å². The number of rotatable bonds is 6. The van der Waals surface area contributed by atoms with E-state index in [0.717, 1.165) is 45.0 Å². The van der Waals surface area contributed by atoms with Crippen LogP contribution in [0.15, 0.2) is 83.4 Å². The lowest BCUT2D eigenvalue weighted by Crippen LogP contribution is -2.51. The van der Waals surface area contributed by atoms with E-state index >= 15 is 0 Å². The molecule has 3 N–H and O–H groups in total. The zero-order valence-electron chi connectivity index (χ0n) is 18.5. The number of nitrogens with one attached hydrogen (secondary N) is 2. The number of hydrogen-bond acceptors (Lipinski definition) is 5. The van der Waals surface area contributed by atoms with Crippen LogP contribution in [0, 0.1) is 13.8 Å². The molecular weight excluding hydrogens is 414 g/mol. The third-order valence-corrected chi connectivity index (χ3v) is 6.32. The molecule has 5 rings (SSSR count).